The molecule has 0 unspecified atom stereocenters. The van der Waals surface area contributed by atoms with Crippen molar-refractivity contribution in [2.75, 3.05) is 6.61 Å². The van der Waals surface area contributed by atoms with Gasteiger partial charge < -0.3 is 10.5 Å². The number of nitrogens with two attached hydrogens (primary N) is 1. The second-order valence-electron chi connectivity index (χ2n) is 5.56. The minimum atomic E-state index is -0.844. The number of fused-ring (bicyclic) bond motifs is 1. The van der Waals surface area contributed by atoms with Crippen LogP contribution in [0.3, 0.4) is 0 Å². The van der Waals surface area contributed by atoms with E-state index in [4.69, 9.17) is 10.5 Å². The molecule has 1 atom stereocenters. The maximum absolute atomic E-state index is 12.9. The summed E-state index contributed by atoms with van der Waals surface area (Å²) in [7, 11) is 0. The smallest absolute Gasteiger partial charge is 0.283 e. The lowest BCUT2D eigenvalue weighted by molar-refractivity contribution is 0.0835. The van der Waals surface area contributed by atoms with Crippen molar-refractivity contribution < 1.29 is 9.53 Å². The Kier molecular flexibility index (Phi) is 2.72. The van der Waals surface area contributed by atoms with E-state index in [0.717, 1.165) is 23.1 Å². The van der Waals surface area contributed by atoms with Crippen molar-refractivity contribution in [1.82, 2.24) is 9.97 Å². The van der Waals surface area contributed by atoms with Crippen LogP contribution in [0.15, 0.2) is 41.9 Å². The molecule has 4 rings (SSSR count). The number of carbonyl (C=O) groups is 1. The predicted molar refractivity (Wildman–Crippen MR) is 80.4 cm³/mol. The average Bonchev–Trinajstić information content (AvgIpc) is 2.94. The lowest BCUT2D eigenvalue weighted by Gasteiger charge is -2.29. The Morgan fingerprint density at radius 3 is 2.68 bits per heavy atom. The molecule has 0 fully saturated rings. The Morgan fingerprint density at radius 2 is 1.95 bits per heavy atom. The molecule has 1 aliphatic heterocycles. The topological polar surface area (TPSA) is 90.5 Å². The van der Waals surface area contributed by atoms with Crippen LogP contribution in [0.2, 0.25) is 0 Å². The third kappa shape index (κ3) is 1.80. The van der Waals surface area contributed by atoms with E-state index < -0.39 is 5.54 Å². The molecule has 6 nitrogen and oxygen atoms in total. The first-order valence-corrected chi connectivity index (χ1v) is 7.10. The van der Waals surface area contributed by atoms with Crippen LogP contribution < -0.4 is 5.73 Å². The van der Waals surface area contributed by atoms with Gasteiger partial charge in [-0.05, 0) is 24.0 Å². The average molecular weight is 294 g/mol. The van der Waals surface area contributed by atoms with Crippen LogP contribution in [0, 0.1) is 0 Å². The van der Waals surface area contributed by atoms with Gasteiger partial charge in [0.15, 0.2) is 11.3 Å². The van der Waals surface area contributed by atoms with Crippen molar-refractivity contribution >= 4 is 11.8 Å². The highest BCUT2D eigenvalue weighted by molar-refractivity contribution is 6.08. The van der Waals surface area contributed by atoms with Crippen LogP contribution in [-0.4, -0.2) is 33.9 Å². The Balaban J connectivity index is 1.83. The third-order valence-electron chi connectivity index (χ3n) is 4.29. The maximum atomic E-state index is 12.9. The van der Waals surface area contributed by atoms with Gasteiger partial charge in [0.05, 0.1) is 0 Å². The van der Waals surface area contributed by atoms with E-state index >= 15 is 0 Å². The molecular formula is C16H14N4O2. The zero-order valence-corrected chi connectivity index (χ0v) is 11.8. The van der Waals surface area contributed by atoms with Gasteiger partial charge in [0, 0.05) is 23.5 Å². The van der Waals surface area contributed by atoms with Crippen molar-refractivity contribution in [3.8, 4) is 11.1 Å². The van der Waals surface area contributed by atoms with Gasteiger partial charge in [-0.3, -0.25) is 4.79 Å². The van der Waals surface area contributed by atoms with Gasteiger partial charge >= 0.3 is 0 Å². The first kappa shape index (κ1) is 12.9. The van der Waals surface area contributed by atoms with Crippen LogP contribution in [0.4, 0.5) is 0 Å². The summed E-state index contributed by atoms with van der Waals surface area (Å²) in [6.07, 6.45) is 6.35. The summed E-state index contributed by atoms with van der Waals surface area (Å²) >= 11 is 0. The van der Waals surface area contributed by atoms with E-state index in [1.807, 2.05) is 18.2 Å². The lowest BCUT2D eigenvalue weighted by Crippen LogP contribution is -2.42. The minimum absolute atomic E-state index is 0.0205. The van der Waals surface area contributed by atoms with Crippen molar-refractivity contribution in [3.63, 3.8) is 0 Å². The number of ketones is 1. The summed E-state index contributed by atoms with van der Waals surface area (Å²) in [6, 6.07) is 5.81. The van der Waals surface area contributed by atoms with Gasteiger partial charge in [0.2, 0.25) is 0 Å². The van der Waals surface area contributed by atoms with Gasteiger partial charge in [0.25, 0.3) is 6.02 Å². The Morgan fingerprint density at radius 1 is 1.18 bits per heavy atom. The quantitative estimate of drug-likeness (QED) is 0.857. The van der Waals surface area contributed by atoms with Gasteiger partial charge in [-0.1, -0.05) is 18.2 Å². The maximum Gasteiger partial charge on any atom is 0.283 e. The van der Waals surface area contributed by atoms with Gasteiger partial charge in [-0.2, -0.15) is 0 Å². The molecule has 1 aliphatic carbocycles. The summed E-state index contributed by atoms with van der Waals surface area (Å²) < 4.78 is 5.23. The van der Waals surface area contributed by atoms with Crippen molar-refractivity contribution in [3.05, 3.63) is 48.0 Å². The number of rotatable bonds is 1. The fourth-order valence-electron chi connectivity index (χ4n) is 3.19. The molecule has 0 saturated carbocycles. The van der Waals surface area contributed by atoms with Gasteiger partial charge in [-0.25, -0.2) is 15.0 Å². The molecule has 22 heavy (non-hydrogen) atoms. The number of Topliss-reactive ketones (excluding diaryl/α,β-unsaturated/α-hetero) is 1. The number of amidine groups is 1. The zero-order valence-electron chi connectivity index (χ0n) is 11.8. The molecule has 6 heteroatoms. The molecule has 2 heterocycles. The van der Waals surface area contributed by atoms with Crippen LogP contribution in [0.5, 0.6) is 0 Å². The van der Waals surface area contributed by atoms with Gasteiger partial charge in [0.1, 0.15) is 12.9 Å². The highest BCUT2D eigenvalue weighted by atomic mass is 16.5. The standard InChI is InChI=1S/C16H14N4O2/c17-15-20-16(8-22-15)5-4-12-11(10-6-18-9-19-7-10)2-1-3-13(12)14(16)21/h1-3,6-7,9H,4-5,8H2,(H2,17,20)/t16-/m1/s1. The lowest BCUT2D eigenvalue weighted by atomic mass is 9.76. The molecule has 1 aromatic carbocycles. The molecule has 0 bridgehead atoms. The third-order valence-corrected chi connectivity index (χ3v) is 4.29. The molecule has 1 aromatic heterocycles. The molecule has 0 radical (unpaired) electrons. The number of hydrogen-bond donors (Lipinski definition) is 1. The Bertz CT molecular complexity index is 788. The summed E-state index contributed by atoms with van der Waals surface area (Å²) in [5.41, 5.74) is 8.38. The van der Waals surface area contributed by atoms with E-state index in [2.05, 4.69) is 15.0 Å². The van der Waals surface area contributed by atoms with E-state index in [0.29, 0.717) is 12.0 Å². The monoisotopic (exact) mass is 294 g/mol. The number of carbonyl (C=O) groups excluding carboxylic acids is 1. The summed E-state index contributed by atoms with van der Waals surface area (Å²) in [5, 5.41) is 0. The summed E-state index contributed by atoms with van der Waals surface area (Å²) in [6.45, 7) is 0.232. The number of aromatic nitrogens is 2. The number of benzene rings is 1. The fraction of sp³-hybridized carbons (Fsp3) is 0.250. The largest absolute Gasteiger partial charge is 0.462 e. The number of nitrogens with zero attached hydrogens (tertiary/aromatic N) is 3. The Hall–Kier alpha value is -2.76. The van der Waals surface area contributed by atoms with Crippen LogP contribution in [0.25, 0.3) is 11.1 Å². The highest BCUT2D eigenvalue weighted by Gasteiger charge is 2.47. The molecule has 0 saturated heterocycles. The highest BCUT2D eigenvalue weighted by Crippen LogP contribution is 2.38. The first-order valence-electron chi connectivity index (χ1n) is 7.10. The summed E-state index contributed by atoms with van der Waals surface area (Å²) in [5.74, 6) is -0.0205. The van der Waals surface area contributed by atoms with E-state index in [9.17, 15) is 4.79 Å². The molecule has 110 valence electrons. The molecule has 1 spiro atoms. The van der Waals surface area contributed by atoms with Crippen LogP contribution in [0.1, 0.15) is 22.3 Å². The predicted octanol–water partition coefficient (Wildman–Crippen LogP) is 1.36. The minimum Gasteiger partial charge on any atom is -0.462 e. The van der Waals surface area contributed by atoms with E-state index in [1.54, 1.807) is 12.4 Å². The molecular weight excluding hydrogens is 280 g/mol. The van der Waals surface area contributed by atoms with E-state index in [-0.39, 0.29) is 18.4 Å². The SMILES string of the molecule is NC1=N[C@]2(CCc3c(cccc3-c3cncnc3)C2=O)CO1. The van der Waals surface area contributed by atoms with Gasteiger partial charge in [-0.15, -0.1) is 0 Å². The normalized spacial score (nSPS) is 23.1. The van der Waals surface area contributed by atoms with Crippen molar-refractivity contribution in [1.29, 1.82) is 0 Å². The zero-order chi connectivity index (χ0) is 15.2. The van der Waals surface area contributed by atoms with Crippen molar-refractivity contribution in [2.45, 2.75) is 18.4 Å². The Labute approximate surface area is 127 Å². The first-order chi connectivity index (χ1) is 10.7. The molecule has 2 N–H and O–H groups in total. The molecule has 2 aromatic rings. The van der Waals surface area contributed by atoms with Crippen LogP contribution in [-0.2, 0) is 11.2 Å². The number of aliphatic imine (C=N–C) groups is 1. The molecule has 2 aliphatic rings. The van der Waals surface area contributed by atoms with E-state index in [1.165, 1.54) is 6.33 Å². The second-order valence-corrected chi connectivity index (χ2v) is 5.56. The fourth-order valence-corrected chi connectivity index (χ4v) is 3.19. The number of ether oxygens (including phenoxy) is 1. The number of hydrogen-bond acceptors (Lipinski definition) is 6. The molecule has 0 amide bonds. The second kappa shape index (κ2) is 4.62. The van der Waals surface area contributed by atoms with Crippen LogP contribution >= 0.6 is 0 Å². The summed E-state index contributed by atoms with van der Waals surface area (Å²) in [4.78, 5) is 25.3. The van der Waals surface area contributed by atoms with Crippen molar-refractivity contribution in [2.24, 2.45) is 10.7 Å².